The van der Waals surface area contributed by atoms with Crippen molar-refractivity contribution in [2.45, 2.75) is 33.4 Å². The number of rotatable bonds is 3. The number of nitrogens with zero attached hydrogens (tertiary/aromatic N) is 3. The second kappa shape index (κ2) is 6.07. The van der Waals surface area contributed by atoms with Gasteiger partial charge in [-0.15, -0.1) is 0 Å². The van der Waals surface area contributed by atoms with E-state index in [0.29, 0.717) is 24.2 Å². The summed E-state index contributed by atoms with van der Waals surface area (Å²) in [4.78, 5) is 9.71. The molecule has 1 N–H and O–H groups in total. The van der Waals surface area contributed by atoms with Crippen molar-refractivity contribution in [3.05, 3.63) is 11.8 Å². The summed E-state index contributed by atoms with van der Waals surface area (Å²) >= 11 is 0. The zero-order valence-corrected chi connectivity index (χ0v) is 12.5. The van der Waals surface area contributed by atoms with Gasteiger partial charge >= 0.3 is 6.18 Å². The molecule has 118 valence electrons. The maximum absolute atomic E-state index is 13.0. The summed E-state index contributed by atoms with van der Waals surface area (Å²) in [5.41, 5.74) is -0.894. The van der Waals surface area contributed by atoms with E-state index in [2.05, 4.69) is 29.1 Å². The fourth-order valence-electron chi connectivity index (χ4n) is 2.83. The molecule has 1 saturated heterocycles. The third kappa shape index (κ3) is 3.98. The predicted molar refractivity (Wildman–Crippen MR) is 76.4 cm³/mol. The minimum atomic E-state index is -4.46. The van der Waals surface area contributed by atoms with Crippen molar-refractivity contribution in [3.63, 3.8) is 0 Å². The van der Waals surface area contributed by atoms with Crippen LogP contribution in [-0.4, -0.2) is 29.6 Å². The van der Waals surface area contributed by atoms with Gasteiger partial charge in [-0.05, 0) is 25.2 Å². The van der Waals surface area contributed by atoms with Crippen LogP contribution in [0.25, 0.3) is 0 Å². The molecular formula is C14H21F3N4. The monoisotopic (exact) mass is 302 g/mol. The standard InChI is InChI=1S/C14H21F3N4/c1-4-18-13-19-11(14(15,16)17)6-12(20-13)21-7-9(2)5-10(3)8-21/h6,9-10H,4-5,7-8H2,1-3H3,(H,18,19,20). The van der Waals surface area contributed by atoms with Gasteiger partial charge < -0.3 is 10.2 Å². The summed E-state index contributed by atoms with van der Waals surface area (Å²) in [6, 6.07) is 1.05. The summed E-state index contributed by atoms with van der Waals surface area (Å²) in [7, 11) is 0. The largest absolute Gasteiger partial charge is 0.433 e. The van der Waals surface area contributed by atoms with Crippen molar-refractivity contribution >= 4 is 11.8 Å². The van der Waals surface area contributed by atoms with E-state index >= 15 is 0 Å². The number of hydrogen-bond acceptors (Lipinski definition) is 4. The van der Waals surface area contributed by atoms with Gasteiger partial charge in [0.1, 0.15) is 5.82 Å². The third-order valence-corrected chi connectivity index (χ3v) is 3.53. The number of halogens is 3. The van der Waals surface area contributed by atoms with Crippen LogP contribution in [0.2, 0.25) is 0 Å². The molecule has 0 amide bonds. The van der Waals surface area contributed by atoms with E-state index in [9.17, 15) is 13.2 Å². The minimum Gasteiger partial charge on any atom is -0.356 e. The number of hydrogen-bond donors (Lipinski definition) is 1. The number of piperidine rings is 1. The summed E-state index contributed by atoms with van der Waals surface area (Å²) in [5.74, 6) is 1.28. The Kier molecular flexibility index (Phi) is 4.58. The van der Waals surface area contributed by atoms with E-state index in [4.69, 9.17) is 0 Å². The smallest absolute Gasteiger partial charge is 0.356 e. The Labute approximate surface area is 122 Å². The summed E-state index contributed by atoms with van der Waals surface area (Å²) in [6.07, 6.45) is -3.37. The first-order chi connectivity index (χ1) is 9.79. The molecular weight excluding hydrogens is 281 g/mol. The first-order valence-corrected chi connectivity index (χ1v) is 7.24. The number of alkyl halides is 3. The highest BCUT2D eigenvalue weighted by Crippen LogP contribution is 2.32. The lowest BCUT2D eigenvalue weighted by molar-refractivity contribution is -0.141. The summed E-state index contributed by atoms with van der Waals surface area (Å²) < 4.78 is 38.9. The van der Waals surface area contributed by atoms with Crippen LogP contribution in [0.4, 0.5) is 24.9 Å². The predicted octanol–water partition coefficient (Wildman–Crippen LogP) is 3.41. The zero-order valence-electron chi connectivity index (χ0n) is 12.5. The van der Waals surface area contributed by atoms with Gasteiger partial charge in [-0.1, -0.05) is 13.8 Å². The molecule has 1 aromatic heterocycles. The van der Waals surface area contributed by atoms with Crippen molar-refractivity contribution in [1.29, 1.82) is 0 Å². The van der Waals surface area contributed by atoms with Crippen LogP contribution in [0.5, 0.6) is 0 Å². The lowest BCUT2D eigenvalue weighted by Crippen LogP contribution is -2.39. The lowest BCUT2D eigenvalue weighted by Gasteiger charge is -2.36. The number of anilines is 2. The van der Waals surface area contributed by atoms with Crippen molar-refractivity contribution < 1.29 is 13.2 Å². The second-order valence-electron chi connectivity index (χ2n) is 5.81. The molecule has 2 atom stereocenters. The average Bonchev–Trinajstić information content (AvgIpc) is 2.36. The molecule has 0 saturated carbocycles. The first kappa shape index (κ1) is 15.9. The van der Waals surface area contributed by atoms with E-state index in [1.165, 1.54) is 0 Å². The van der Waals surface area contributed by atoms with Gasteiger partial charge in [0.05, 0.1) is 0 Å². The lowest BCUT2D eigenvalue weighted by atomic mass is 9.92. The molecule has 1 aromatic rings. The van der Waals surface area contributed by atoms with Crippen molar-refractivity contribution in [3.8, 4) is 0 Å². The van der Waals surface area contributed by atoms with E-state index in [1.54, 1.807) is 6.92 Å². The molecule has 1 aliphatic rings. The van der Waals surface area contributed by atoms with Crippen molar-refractivity contribution in [1.82, 2.24) is 9.97 Å². The first-order valence-electron chi connectivity index (χ1n) is 7.24. The molecule has 4 nitrogen and oxygen atoms in total. The molecule has 0 bridgehead atoms. The van der Waals surface area contributed by atoms with Gasteiger partial charge in [0.15, 0.2) is 5.69 Å². The maximum atomic E-state index is 13.0. The van der Waals surface area contributed by atoms with Gasteiger partial charge in [-0.3, -0.25) is 0 Å². The van der Waals surface area contributed by atoms with Crippen LogP contribution in [0.15, 0.2) is 6.07 Å². The SMILES string of the molecule is CCNc1nc(N2CC(C)CC(C)C2)cc(C(F)(F)F)n1. The second-order valence-corrected chi connectivity index (χ2v) is 5.81. The summed E-state index contributed by atoms with van der Waals surface area (Å²) in [5, 5.41) is 2.77. The van der Waals surface area contributed by atoms with Gasteiger partial charge in [0.2, 0.25) is 5.95 Å². The number of nitrogens with one attached hydrogen (secondary N) is 1. The third-order valence-electron chi connectivity index (χ3n) is 3.53. The highest BCUT2D eigenvalue weighted by Gasteiger charge is 2.35. The van der Waals surface area contributed by atoms with Gasteiger partial charge in [0.25, 0.3) is 0 Å². The Bertz CT molecular complexity index is 480. The van der Waals surface area contributed by atoms with Crippen LogP contribution in [-0.2, 0) is 6.18 Å². The molecule has 0 radical (unpaired) electrons. The highest BCUT2D eigenvalue weighted by atomic mass is 19.4. The molecule has 2 heterocycles. The van der Waals surface area contributed by atoms with E-state index < -0.39 is 11.9 Å². The molecule has 0 spiro atoms. The maximum Gasteiger partial charge on any atom is 0.433 e. The molecule has 0 aromatic carbocycles. The Balaban J connectivity index is 2.35. The molecule has 2 unspecified atom stereocenters. The van der Waals surface area contributed by atoms with Gasteiger partial charge in [-0.25, -0.2) is 4.98 Å². The Morgan fingerprint density at radius 1 is 1.24 bits per heavy atom. The fourth-order valence-corrected chi connectivity index (χ4v) is 2.83. The summed E-state index contributed by atoms with van der Waals surface area (Å²) in [6.45, 7) is 7.95. The van der Waals surface area contributed by atoms with E-state index in [0.717, 1.165) is 25.6 Å². The Morgan fingerprint density at radius 2 is 1.86 bits per heavy atom. The quantitative estimate of drug-likeness (QED) is 0.929. The van der Waals surface area contributed by atoms with Gasteiger partial charge in [0, 0.05) is 25.7 Å². The van der Waals surface area contributed by atoms with Crippen LogP contribution in [0, 0.1) is 11.8 Å². The van der Waals surface area contributed by atoms with Gasteiger partial charge in [-0.2, -0.15) is 18.2 Å². The topological polar surface area (TPSA) is 41.1 Å². The molecule has 1 aliphatic heterocycles. The normalized spacial score (nSPS) is 23.2. The Hall–Kier alpha value is -1.53. The molecule has 0 aliphatic carbocycles. The average molecular weight is 302 g/mol. The molecule has 7 heteroatoms. The van der Waals surface area contributed by atoms with Crippen LogP contribution < -0.4 is 10.2 Å². The van der Waals surface area contributed by atoms with E-state index in [-0.39, 0.29) is 5.95 Å². The van der Waals surface area contributed by atoms with Crippen LogP contribution in [0.1, 0.15) is 32.9 Å². The molecule has 2 rings (SSSR count). The van der Waals surface area contributed by atoms with Crippen molar-refractivity contribution in [2.75, 3.05) is 29.9 Å². The zero-order chi connectivity index (χ0) is 15.6. The number of aromatic nitrogens is 2. The van der Waals surface area contributed by atoms with E-state index in [1.807, 2.05) is 4.90 Å². The van der Waals surface area contributed by atoms with Crippen molar-refractivity contribution in [2.24, 2.45) is 11.8 Å². The molecule has 1 fully saturated rings. The fraction of sp³-hybridized carbons (Fsp3) is 0.714. The minimum absolute atomic E-state index is 0.0354. The van der Waals surface area contributed by atoms with Crippen LogP contribution in [0.3, 0.4) is 0 Å². The molecule has 21 heavy (non-hydrogen) atoms. The highest BCUT2D eigenvalue weighted by molar-refractivity contribution is 5.46. The Morgan fingerprint density at radius 3 is 2.38 bits per heavy atom. The van der Waals surface area contributed by atoms with Crippen LogP contribution >= 0.6 is 0 Å².